The van der Waals surface area contributed by atoms with Gasteiger partial charge in [0.2, 0.25) is 0 Å². The van der Waals surface area contributed by atoms with Crippen molar-refractivity contribution in [1.82, 2.24) is 4.90 Å². The highest BCUT2D eigenvalue weighted by Gasteiger charge is 2.39. The third kappa shape index (κ3) is 3.94. The molecule has 1 heterocycles. The Morgan fingerprint density at radius 1 is 1.35 bits per heavy atom. The number of phenolic OH excluding ortho intramolecular Hbond substituents is 1. The summed E-state index contributed by atoms with van der Waals surface area (Å²) in [5, 5.41) is 9.74. The molecule has 0 aromatic heterocycles. The summed E-state index contributed by atoms with van der Waals surface area (Å²) in [6.45, 7) is 7.60. The molecule has 1 amide bonds. The van der Waals surface area contributed by atoms with Gasteiger partial charge in [-0.05, 0) is 57.4 Å². The van der Waals surface area contributed by atoms with Crippen LogP contribution in [0.3, 0.4) is 0 Å². The molecule has 1 unspecified atom stereocenters. The summed E-state index contributed by atoms with van der Waals surface area (Å²) < 4.78 is 10.5. The number of carbonyl (C=O) groups excluding carboxylic acids is 2. The van der Waals surface area contributed by atoms with E-state index in [2.05, 4.69) is 0 Å². The van der Waals surface area contributed by atoms with E-state index in [-0.39, 0.29) is 12.4 Å². The first-order valence-electron chi connectivity index (χ1n) is 7.71. The first-order chi connectivity index (χ1) is 10.7. The molecule has 0 fully saturated rings. The van der Waals surface area contributed by atoms with Crippen LogP contribution in [0, 0.1) is 0 Å². The third-order valence-corrected chi connectivity index (χ3v) is 3.50. The van der Waals surface area contributed by atoms with E-state index in [0.29, 0.717) is 18.5 Å². The summed E-state index contributed by atoms with van der Waals surface area (Å²) in [6.07, 6.45) is 0.0228. The van der Waals surface area contributed by atoms with Gasteiger partial charge < -0.3 is 14.6 Å². The number of phenols is 1. The predicted octanol–water partition coefficient (Wildman–Crippen LogP) is 2.79. The smallest absolute Gasteiger partial charge is 0.411 e. The van der Waals surface area contributed by atoms with Crippen LogP contribution in [0.15, 0.2) is 18.2 Å². The minimum absolute atomic E-state index is 0.0455. The van der Waals surface area contributed by atoms with E-state index >= 15 is 0 Å². The first-order valence-corrected chi connectivity index (χ1v) is 7.71. The van der Waals surface area contributed by atoms with Gasteiger partial charge in [-0.3, -0.25) is 4.90 Å². The summed E-state index contributed by atoms with van der Waals surface area (Å²) in [4.78, 5) is 26.2. The van der Waals surface area contributed by atoms with Crippen LogP contribution in [0.4, 0.5) is 4.79 Å². The van der Waals surface area contributed by atoms with Crippen LogP contribution in [0.1, 0.15) is 44.9 Å². The molecule has 1 aromatic rings. The maximum atomic E-state index is 12.5. The van der Waals surface area contributed by atoms with Crippen LogP contribution in [-0.4, -0.2) is 40.8 Å². The van der Waals surface area contributed by atoms with Crippen molar-refractivity contribution in [2.75, 3.05) is 13.2 Å². The van der Waals surface area contributed by atoms with Gasteiger partial charge in [-0.25, -0.2) is 9.59 Å². The molecule has 6 heteroatoms. The lowest BCUT2D eigenvalue weighted by Crippen LogP contribution is -2.46. The molecule has 1 aliphatic heterocycles. The zero-order valence-electron chi connectivity index (χ0n) is 14.0. The Balaban J connectivity index is 2.39. The fourth-order valence-corrected chi connectivity index (χ4v) is 2.60. The summed E-state index contributed by atoms with van der Waals surface area (Å²) in [5.41, 5.74) is 0.844. The zero-order valence-corrected chi connectivity index (χ0v) is 14.0. The molecule has 23 heavy (non-hydrogen) atoms. The van der Waals surface area contributed by atoms with Gasteiger partial charge in [-0.15, -0.1) is 0 Å². The molecule has 2 rings (SSSR count). The Hall–Kier alpha value is -2.24. The second-order valence-corrected chi connectivity index (χ2v) is 6.46. The molecule has 0 saturated carbocycles. The van der Waals surface area contributed by atoms with Gasteiger partial charge in [0.1, 0.15) is 11.4 Å². The number of rotatable bonds is 2. The largest absolute Gasteiger partial charge is 0.508 e. The van der Waals surface area contributed by atoms with Gasteiger partial charge in [0, 0.05) is 6.54 Å². The minimum atomic E-state index is -0.902. The van der Waals surface area contributed by atoms with Crippen LogP contribution in [0.5, 0.6) is 5.75 Å². The number of benzene rings is 1. The number of esters is 1. The van der Waals surface area contributed by atoms with E-state index in [0.717, 1.165) is 5.56 Å². The number of hydrogen-bond donors (Lipinski definition) is 1. The van der Waals surface area contributed by atoms with Gasteiger partial charge in [0.25, 0.3) is 0 Å². The Morgan fingerprint density at radius 2 is 2.04 bits per heavy atom. The van der Waals surface area contributed by atoms with Gasteiger partial charge in [0.15, 0.2) is 6.04 Å². The highest BCUT2D eigenvalue weighted by molar-refractivity contribution is 5.84. The number of hydrogen-bond acceptors (Lipinski definition) is 5. The van der Waals surface area contributed by atoms with E-state index in [1.54, 1.807) is 39.8 Å². The number of nitrogens with zero attached hydrogens (tertiary/aromatic N) is 1. The molecule has 1 atom stereocenters. The summed E-state index contributed by atoms with van der Waals surface area (Å²) in [5.74, 6) is -0.478. The van der Waals surface area contributed by atoms with Crippen molar-refractivity contribution in [2.45, 2.75) is 45.8 Å². The number of amides is 1. The SMILES string of the molecule is CCOC(=O)C1c2cc(O)ccc2CCN1C(=O)OC(C)(C)C. The monoisotopic (exact) mass is 321 g/mol. The molecule has 0 bridgehead atoms. The Kier molecular flexibility index (Phi) is 4.82. The molecule has 126 valence electrons. The quantitative estimate of drug-likeness (QED) is 0.848. The molecule has 0 saturated heterocycles. The van der Waals surface area contributed by atoms with Crippen molar-refractivity contribution in [3.63, 3.8) is 0 Å². The van der Waals surface area contributed by atoms with Crippen molar-refractivity contribution >= 4 is 12.1 Å². The van der Waals surface area contributed by atoms with Crippen molar-refractivity contribution in [3.05, 3.63) is 29.3 Å². The summed E-state index contributed by atoms with van der Waals surface area (Å²) in [6, 6.07) is 3.95. The molecule has 0 aliphatic carbocycles. The third-order valence-electron chi connectivity index (χ3n) is 3.50. The second kappa shape index (κ2) is 6.48. The van der Waals surface area contributed by atoms with Gasteiger partial charge in [-0.2, -0.15) is 0 Å². The molecule has 0 radical (unpaired) electrons. The predicted molar refractivity (Wildman–Crippen MR) is 84.1 cm³/mol. The normalized spacial score (nSPS) is 17.4. The number of carbonyl (C=O) groups is 2. The highest BCUT2D eigenvalue weighted by atomic mass is 16.6. The number of fused-ring (bicyclic) bond motifs is 1. The lowest BCUT2D eigenvalue weighted by Gasteiger charge is -2.36. The highest BCUT2D eigenvalue weighted by Crippen LogP contribution is 2.34. The molecule has 1 N–H and O–H groups in total. The fraction of sp³-hybridized carbons (Fsp3) is 0.529. The Labute approximate surface area is 136 Å². The molecule has 1 aromatic carbocycles. The lowest BCUT2D eigenvalue weighted by atomic mass is 9.92. The van der Waals surface area contributed by atoms with Gasteiger partial charge >= 0.3 is 12.1 Å². The van der Waals surface area contributed by atoms with E-state index in [4.69, 9.17) is 9.47 Å². The topological polar surface area (TPSA) is 76.1 Å². The van der Waals surface area contributed by atoms with E-state index in [9.17, 15) is 14.7 Å². The first kappa shape index (κ1) is 17.1. The van der Waals surface area contributed by atoms with Crippen molar-refractivity contribution < 1.29 is 24.2 Å². The van der Waals surface area contributed by atoms with Gasteiger partial charge in [0.05, 0.1) is 6.61 Å². The maximum Gasteiger partial charge on any atom is 0.411 e. The van der Waals surface area contributed by atoms with Gasteiger partial charge in [-0.1, -0.05) is 6.07 Å². The van der Waals surface area contributed by atoms with Crippen LogP contribution in [-0.2, 0) is 20.7 Å². The summed E-state index contributed by atoms with van der Waals surface area (Å²) >= 11 is 0. The summed E-state index contributed by atoms with van der Waals surface area (Å²) in [7, 11) is 0. The molecule has 0 spiro atoms. The van der Waals surface area contributed by atoms with Crippen molar-refractivity contribution in [3.8, 4) is 5.75 Å². The van der Waals surface area contributed by atoms with Crippen molar-refractivity contribution in [1.29, 1.82) is 0 Å². The minimum Gasteiger partial charge on any atom is -0.508 e. The van der Waals surface area contributed by atoms with Crippen LogP contribution >= 0.6 is 0 Å². The standard InChI is InChI=1S/C17H23NO5/c1-5-22-15(20)14-13-10-12(19)7-6-11(13)8-9-18(14)16(21)23-17(2,3)4/h6-7,10,14,19H,5,8-9H2,1-4H3. The molecule has 6 nitrogen and oxygen atoms in total. The average Bonchev–Trinajstić information content (AvgIpc) is 2.44. The van der Waals surface area contributed by atoms with Crippen LogP contribution in [0.25, 0.3) is 0 Å². The van der Waals surface area contributed by atoms with E-state index in [1.165, 1.54) is 11.0 Å². The van der Waals surface area contributed by atoms with E-state index < -0.39 is 23.7 Å². The van der Waals surface area contributed by atoms with E-state index in [1.807, 2.05) is 0 Å². The average molecular weight is 321 g/mol. The molecular formula is C17H23NO5. The maximum absolute atomic E-state index is 12.5. The van der Waals surface area contributed by atoms with Crippen molar-refractivity contribution in [2.24, 2.45) is 0 Å². The molecular weight excluding hydrogens is 298 g/mol. The number of aromatic hydroxyl groups is 1. The zero-order chi connectivity index (χ0) is 17.2. The molecule has 1 aliphatic rings. The van der Waals surface area contributed by atoms with Crippen LogP contribution < -0.4 is 0 Å². The second-order valence-electron chi connectivity index (χ2n) is 6.46. The lowest BCUT2D eigenvalue weighted by molar-refractivity contribution is -0.150. The number of ether oxygens (including phenoxy) is 2. The fourth-order valence-electron chi connectivity index (χ4n) is 2.60. The Bertz CT molecular complexity index is 605. The van der Waals surface area contributed by atoms with Crippen LogP contribution in [0.2, 0.25) is 0 Å². The Morgan fingerprint density at radius 3 is 2.65 bits per heavy atom.